The highest BCUT2D eigenvalue weighted by Gasteiger charge is 2.22. The summed E-state index contributed by atoms with van der Waals surface area (Å²) >= 11 is 4.72. The molecule has 0 aliphatic carbocycles. The van der Waals surface area contributed by atoms with Gasteiger partial charge >= 0.3 is 0 Å². The van der Waals surface area contributed by atoms with Gasteiger partial charge < -0.3 is 9.88 Å². The quantitative estimate of drug-likeness (QED) is 0.442. The van der Waals surface area contributed by atoms with Crippen LogP contribution in [0.25, 0.3) is 22.2 Å². The highest BCUT2D eigenvalue weighted by atomic mass is 79.9. The van der Waals surface area contributed by atoms with E-state index in [4.69, 9.17) is 4.98 Å². The molecule has 0 spiro atoms. The lowest BCUT2D eigenvalue weighted by Crippen LogP contribution is -2.15. The number of nitrogens with zero attached hydrogens (tertiary/aromatic N) is 4. The van der Waals surface area contributed by atoms with Crippen molar-refractivity contribution in [3.05, 3.63) is 50.6 Å². The summed E-state index contributed by atoms with van der Waals surface area (Å²) in [5.74, 6) is 0.202. The van der Waals surface area contributed by atoms with Crippen molar-refractivity contribution in [3.63, 3.8) is 0 Å². The van der Waals surface area contributed by atoms with Gasteiger partial charge in [-0.15, -0.1) is 11.3 Å². The summed E-state index contributed by atoms with van der Waals surface area (Å²) in [5, 5.41) is 12.8. The fourth-order valence-electron chi connectivity index (χ4n) is 3.07. The van der Waals surface area contributed by atoms with Gasteiger partial charge in [-0.2, -0.15) is 5.26 Å². The summed E-state index contributed by atoms with van der Waals surface area (Å²) in [6.45, 7) is 2.74. The molecule has 0 aliphatic rings. The van der Waals surface area contributed by atoms with Crippen molar-refractivity contribution >= 4 is 61.2 Å². The van der Waals surface area contributed by atoms with Crippen molar-refractivity contribution in [2.24, 2.45) is 0 Å². The van der Waals surface area contributed by atoms with Gasteiger partial charge in [0, 0.05) is 6.54 Å². The SMILES string of the molecule is CCCCn1c(NC(=O)c2ccc(Br)s2)c(C#N)c2nc3ccccc3nc21. The molecule has 0 unspecified atom stereocenters. The van der Waals surface area contributed by atoms with E-state index in [1.807, 2.05) is 34.9 Å². The van der Waals surface area contributed by atoms with Gasteiger partial charge in [0.2, 0.25) is 0 Å². The van der Waals surface area contributed by atoms with E-state index in [1.165, 1.54) is 11.3 Å². The van der Waals surface area contributed by atoms with E-state index in [1.54, 1.807) is 6.07 Å². The van der Waals surface area contributed by atoms with Crippen LogP contribution in [0.15, 0.2) is 40.2 Å². The Morgan fingerprint density at radius 2 is 2.00 bits per heavy atom. The number of anilines is 1. The van der Waals surface area contributed by atoms with Gasteiger partial charge in [-0.1, -0.05) is 25.5 Å². The van der Waals surface area contributed by atoms with Gasteiger partial charge in [0.05, 0.1) is 19.7 Å². The highest BCUT2D eigenvalue weighted by Crippen LogP contribution is 2.31. The molecule has 3 aromatic heterocycles. The number of nitriles is 1. The molecule has 6 nitrogen and oxygen atoms in total. The first-order valence-electron chi connectivity index (χ1n) is 8.88. The van der Waals surface area contributed by atoms with E-state index in [0.717, 1.165) is 27.7 Å². The van der Waals surface area contributed by atoms with E-state index in [2.05, 4.69) is 39.2 Å². The average molecular weight is 454 g/mol. The Labute approximate surface area is 174 Å². The summed E-state index contributed by atoms with van der Waals surface area (Å²) < 4.78 is 2.77. The third-order valence-corrected chi connectivity index (χ3v) is 6.05. The number of para-hydroxylation sites is 2. The van der Waals surface area contributed by atoms with Crippen LogP contribution in [0.2, 0.25) is 0 Å². The van der Waals surface area contributed by atoms with Crippen LogP contribution < -0.4 is 5.32 Å². The maximum absolute atomic E-state index is 12.7. The van der Waals surface area contributed by atoms with Crippen LogP contribution in [-0.4, -0.2) is 20.4 Å². The predicted molar refractivity (Wildman–Crippen MR) is 115 cm³/mol. The summed E-state index contributed by atoms with van der Waals surface area (Å²) in [6, 6.07) is 13.4. The standard InChI is InChI=1S/C20H16BrN5OS/c1-2-3-10-26-18(25-20(27)15-8-9-16(21)28-15)12(11-22)17-19(26)24-14-7-5-4-6-13(14)23-17/h4-9H,2-3,10H2,1H3,(H,25,27). The molecule has 1 amide bonds. The van der Waals surface area contributed by atoms with E-state index in [9.17, 15) is 10.1 Å². The topological polar surface area (TPSA) is 83.6 Å². The van der Waals surface area contributed by atoms with Crippen LogP contribution in [0, 0.1) is 11.3 Å². The minimum absolute atomic E-state index is 0.252. The largest absolute Gasteiger partial charge is 0.309 e. The minimum atomic E-state index is -0.252. The molecule has 0 atom stereocenters. The Hall–Kier alpha value is -2.76. The van der Waals surface area contributed by atoms with Crippen LogP contribution in [0.1, 0.15) is 35.0 Å². The Bertz CT molecular complexity index is 1240. The number of aryl methyl sites for hydroxylation is 1. The lowest BCUT2D eigenvalue weighted by molar-refractivity contribution is 0.102. The molecular formula is C20H16BrN5OS. The van der Waals surface area contributed by atoms with Crippen LogP contribution >= 0.6 is 27.3 Å². The molecule has 0 aliphatic heterocycles. The van der Waals surface area contributed by atoms with Crippen LogP contribution in [0.3, 0.4) is 0 Å². The number of fused-ring (bicyclic) bond motifs is 2. The molecule has 140 valence electrons. The Balaban J connectivity index is 1.90. The van der Waals surface area contributed by atoms with Gasteiger partial charge in [-0.3, -0.25) is 4.79 Å². The van der Waals surface area contributed by atoms with Crippen molar-refractivity contribution in [1.82, 2.24) is 14.5 Å². The zero-order chi connectivity index (χ0) is 19.7. The minimum Gasteiger partial charge on any atom is -0.309 e. The van der Waals surface area contributed by atoms with Crippen LogP contribution in [0.5, 0.6) is 0 Å². The molecule has 0 saturated heterocycles. The van der Waals surface area contributed by atoms with Gasteiger partial charge in [0.25, 0.3) is 5.91 Å². The molecule has 1 aromatic carbocycles. The fourth-order valence-corrected chi connectivity index (χ4v) is 4.36. The van der Waals surface area contributed by atoms with Crippen LogP contribution in [0.4, 0.5) is 5.82 Å². The molecule has 0 saturated carbocycles. The van der Waals surface area contributed by atoms with Crippen molar-refractivity contribution in [1.29, 1.82) is 5.26 Å². The van der Waals surface area contributed by atoms with Crippen molar-refractivity contribution in [2.45, 2.75) is 26.3 Å². The number of aromatic nitrogens is 3. The number of hydrogen-bond donors (Lipinski definition) is 1. The lowest BCUT2D eigenvalue weighted by atomic mass is 10.2. The normalized spacial score (nSPS) is 11.0. The smallest absolute Gasteiger partial charge is 0.266 e. The Kier molecular flexibility index (Phi) is 5.11. The number of rotatable bonds is 5. The van der Waals surface area contributed by atoms with E-state index in [0.29, 0.717) is 34.0 Å². The molecule has 0 radical (unpaired) electrons. The van der Waals surface area contributed by atoms with E-state index < -0.39 is 0 Å². The monoisotopic (exact) mass is 453 g/mol. The maximum atomic E-state index is 12.7. The number of nitrogens with one attached hydrogen (secondary N) is 1. The Morgan fingerprint density at radius 1 is 1.25 bits per heavy atom. The first-order valence-corrected chi connectivity index (χ1v) is 10.5. The fraction of sp³-hybridized carbons (Fsp3) is 0.200. The van der Waals surface area contributed by atoms with Gasteiger partial charge in [0.1, 0.15) is 23.0 Å². The number of benzene rings is 1. The van der Waals surface area contributed by atoms with Gasteiger partial charge in [0.15, 0.2) is 5.65 Å². The predicted octanol–water partition coefficient (Wildman–Crippen LogP) is 5.33. The average Bonchev–Trinajstić information content (AvgIpc) is 3.25. The number of unbranched alkanes of at least 4 members (excludes halogenated alkanes) is 1. The second-order valence-electron chi connectivity index (χ2n) is 6.28. The number of thiophene rings is 1. The molecule has 1 N–H and O–H groups in total. The summed E-state index contributed by atoms with van der Waals surface area (Å²) in [4.78, 5) is 22.7. The van der Waals surface area contributed by atoms with Crippen molar-refractivity contribution in [3.8, 4) is 6.07 Å². The highest BCUT2D eigenvalue weighted by molar-refractivity contribution is 9.11. The second kappa shape index (κ2) is 7.70. The third-order valence-electron chi connectivity index (χ3n) is 4.43. The molecule has 0 fully saturated rings. The first-order chi connectivity index (χ1) is 13.6. The molecule has 4 aromatic rings. The molecule has 28 heavy (non-hydrogen) atoms. The molecule has 0 bridgehead atoms. The number of amides is 1. The van der Waals surface area contributed by atoms with Crippen molar-refractivity contribution in [2.75, 3.05) is 5.32 Å². The summed E-state index contributed by atoms with van der Waals surface area (Å²) in [7, 11) is 0. The molecular weight excluding hydrogens is 438 g/mol. The molecule has 4 rings (SSSR count). The molecule has 8 heteroatoms. The van der Waals surface area contributed by atoms with E-state index >= 15 is 0 Å². The Morgan fingerprint density at radius 3 is 2.64 bits per heavy atom. The number of carbonyl (C=O) groups excluding carboxylic acids is 1. The number of hydrogen-bond acceptors (Lipinski definition) is 5. The zero-order valence-corrected chi connectivity index (χ0v) is 17.5. The maximum Gasteiger partial charge on any atom is 0.266 e. The zero-order valence-electron chi connectivity index (χ0n) is 15.1. The van der Waals surface area contributed by atoms with Crippen LogP contribution in [-0.2, 0) is 6.54 Å². The summed E-state index contributed by atoms with van der Waals surface area (Å²) in [5.41, 5.74) is 2.95. The number of halogens is 1. The van der Waals surface area contributed by atoms with Gasteiger partial charge in [-0.25, -0.2) is 9.97 Å². The number of carbonyl (C=O) groups is 1. The van der Waals surface area contributed by atoms with E-state index in [-0.39, 0.29) is 5.91 Å². The van der Waals surface area contributed by atoms with Crippen molar-refractivity contribution < 1.29 is 4.79 Å². The first kappa shape index (κ1) is 18.6. The van der Waals surface area contributed by atoms with Gasteiger partial charge in [-0.05, 0) is 46.6 Å². The second-order valence-corrected chi connectivity index (χ2v) is 8.75. The lowest BCUT2D eigenvalue weighted by Gasteiger charge is -2.10. The molecule has 3 heterocycles. The summed E-state index contributed by atoms with van der Waals surface area (Å²) in [6.07, 6.45) is 1.88. The third kappa shape index (κ3) is 3.28.